The van der Waals surface area contributed by atoms with E-state index in [4.69, 9.17) is 0 Å². The third-order valence-corrected chi connectivity index (χ3v) is 6.54. The molecular formula is C15H19N3O2S2. The van der Waals surface area contributed by atoms with E-state index in [1.165, 1.54) is 24.2 Å². The molecule has 22 heavy (non-hydrogen) atoms. The van der Waals surface area contributed by atoms with E-state index in [9.17, 15) is 9.90 Å². The number of hydrogen-bond acceptors (Lipinski definition) is 6. The van der Waals surface area contributed by atoms with Gasteiger partial charge in [-0.1, -0.05) is 11.3 Å². The fourth-order valence-corrected chi connectivity index (χ4v) is 4.99. The van der Waals surface area contributed by atoms with Gasteiger partial charge in [-0.3, -0.25) is 4.79 Å². The number of nitrogens with zero attached hydrogens (tertiary/aromatic N) is 2. The second-order valence-corrected chi connectivity index (χ2v) is 8.13. The van der Waals surface area contributed by atoms with Crippen molar-refractivity contribution >= 4 is 43.2 Å². The number of fused-ring (bicyclic) bond motifs is 1. The maximum absolute atomic E-state index is 12.2. The Balaban J connectivity index is 1.43. The summed E-state index contributed by atoms with van der Waals surface area (Å²) in [6, 6.07) is 1.93. The van der Waals surface area contributed by atoms with Crippen LogP contribution in [0.4, 0.5) is 5.13 Å². The number of carbonyl (C=O) groups excluding carboxylic acids is 1. The summed E-state index contributed by atoms with van der Waals surface area (Å²) < 4.78 is 1.08. The van der Waals surface area contributed by atoms with Gasteiger partial charge in [0.1, 0.15) is 4.83 Å². The molecule has 2 aliphatic rings. The van der Waals surface area contributed by atoms with Gasteiger partial charge >= 0.3 is 0 Å². The molecule has 3 heterocycles. The fourth-order valence-electron chi connectivity index (χ4n) is 2.81. The quantitative estimate of drug-likeness (QED) is 0.880. The van der Waals surface area contributed by atoms with E-state index in [1.54, 1.807) is 11.3 Å². The Morgan fingerprint density at radius 2 is 2.18 bits per heavy atom. The Morgan fingerprint density at radius 3 is 2.86 bits per heavy atom. The van der Waals surface area contributed by atoms with Crippen molar-refractivity contribution in [1.82, 2.24) is 10.3 Å². The zero-order valence-electron chi connectivity index (χ0n) is 12.2. The number of aromatic nitrogens is 1. The van der Waals surface area contributed by atoms with E-state index in [0.717, 1.165) is 40.6 Å². The zero-order valence-corrected chi connectivity index (χ0v) is 13.9. The van der Waals surface area contributed by atoms with E-state index in [-0.39, 0.29) is 5.91 Å². The SMILES string of the molecule is O=C(NCC(O)C1CC1)c1cc2sc(N3CCCC3)nc2s1. The molecule has 2 fully saturated rings. The van der Waals surface area contributed by atoms with Crippen LogP contribution in [0.3, 0.4) is 0 Å². The molecule has 1 unspecified atom stereocenters. The van der Waals surface area contributed by atoms with Gasteiger partial charge in [0.15, 0.2) is 5.13 Å². The van der Waals surface area contributed by atoms with Gasteiger partial charge < -0.3 is 15.3 Å². The van der Waals surface area contributed by atoms with Gasteiger partial charge in [-0.15, -0.1) is 11.3 Å². The van der Waals surface area contributed by atoms with Crippen molar-refractivity contribution in [3.05, 3.63) is 10.9 Å². The van der Waals surface area contributed by atoms with Crippen molar-refractivity contribution in [3.63, 3.8) is 0 Å². The minimum Gasteiger partial charge on any atom is -0.391 e. The summed E-state index contributed by atoms with van der Waals surface area (Å²) in [5.41, 5.74) is 0. The monoisotopic (exact) mass is 337 g/mol. The summed E-state index contributed by atoms with van der Waals surface area (Å²) >= 11 is 3.11. The molecule has 1 atom stereocenters. The molecule has 7 heteroatoms. The van der Waals surface area contributed by atoms with E-state index in [2.05, 4.69) is 15.2 Å². The molecule has 1 saturated heterocycles. The number of aliphatic hydroxyl groups is 1. The van der Waals surface area contributed by atoms with Gasteiger partial charge in [0.25, 0.3) is 5.91 Å². The lowest BCUT2D eigenvalue weighted by atomic mass is 10.2. The fraction of sp³-hybridized carbons (Fsp3) is 0.600. The minimum absolute atomic E-state index is 0.0994. The average molecular weight is 337 g/mol. The van der Waals surface area contributed by atoms with Crippen LogP contribution in [0, 0.1) is 5.92 Å². The van der Waals surface area contributed by atoms with Crippen molar-refractivity contribution in [1.29, 1.82) is 0 Å². The van der Waals surface area contributed by atoms with E-state index < -0.39 is 6.10 Å². The van der Waals surface area contributed by atoms with Crippen LogP contribution in [-0.4, -0.2) is 41.7 Å². The van der Waals surface area contributed by atoms with Crippen molar-refractivity contribution in [3.8, 4) is 0 Å². The molecule has 0 aromatic carbocycles. The van der Waals surface area contributed by atoms with Crippen molar-refractivity contribution in [2.24, 2.45) is 5.92 Å². The predicted molar refractivity (Wildman–Crippen MR) is 90.0 cm³/mol. The van der Waals surface area contributed by atoms with Crippen LogP contribution in [0.5, 0.6) is 0 Å². The maximum Gasteiger partial charge on any atom is 0.261 e. The van der Waals surface area contributed by atoms with Crippen LogP contribution in [0.1, 0.15) is 35.4 Å². The molecule has 4 rings (SSSR count). The van der Waals surface area contributed by atoms with Gasteiger partial charge in [-0.2, -0.15) is 0 Å². The van der Waals surface area contributed by atoms with Crippen LogP contribution in [0.25, 0.3) is 9.53 Å². The smallest absolute Gasteiger partial charge is 0.261 e. The highest BCUT2D eigenvalue weighted by Crippen LogP contribution is 2.36. The van der Waals surface area contributed by atoms with E-state index in [0.29, 0.717) is 17.3 Å². The first-order valence-corrected chi connectivity index (χ1v) is 9.45. The summed E-state index contributed by atoms with van der Waals surface area (Å²) in [6.07, 6.45) is 4.24. The highest BCUT2D eigenvalue weighted by atomic mass is 32.1. The van der Waals surface area contributed by atoms with E-state index in [1.807, 2.05) is 6.07 Å². The van der Waals surface area contributed by atoms with Crippen molar-refractivity contribution < 1.29 is 9.90 Å². The first-order chi connectivity index (χ1) is 10.7. The summed E-state index contributed by atoms with van der Waals surface area (Å²) in [5, 5.41) is 13.7. The molecule has 1 aliphatic heterocycles. The second kappa shape index (κ2) is 5.79. The number of thiazole rings is 1. The van der Waals surface area contributed by atoms with Crippen LogP contribution in [-0.2, 0) is 0 Å². The molecule has 2 N–H and O–H groups in total. The number of rotatable bonds is 5. The highest BCUT2D eigenvalue weighted by molar-refractivity contribution is 7.29. The summed E-state index contributed by atoms with van der Waals surface area (Å²) in [4.78, 5) is 20.8. The van der Waals surface area contributed by atoms with Crippen LogP contribution in [0.15, 0.2) is 6.07 Å². The number of thiophene rings is 1. The van der Waals surface area contributed by atoms with Gasteiger partial charge in [0.2, 0.25) is 0 Å². The first-order valence-electron chi connectivity index (χ1n) is 7.82. The number of anilines is 1. The van der Waals surface area contributed by atoms with Gasteiger partial charge in [-0.05, 0) is 37.7 Å². The molecular weight excluding hydrogens is 318 g/mol. The second-order valence-electron chi connectivity index (χ2n) is 6.09. The Morgan fingerprint density at radius 1 is 1.41 bits per heavy atom. The standard InChI is InChI=1S/C15H19N3O2S2/c19-10(9-3-4-9)8-16-13(20)11-7-12-14(21-11)17-15(22-12)18-5-1-2-6-18/h7,9-10,19H,1-6,8H2,(H,16,20). The Kier molecular flexibility index (Phi) is 3.79. The molecule has 0 bridgehead atoms. The van der Waals surface area contributed by atoms with Crippen LogP contribution in [0.2, 0.25) is 0 Å². The van der Waals surface area contributed by atoms with Crippen molar-refractivity contribution in [2.45, 2.75) is 31.8 Å². The summed E-state index contributed by atoms with van der Waals surface area (Å²) in [7, 11) is 0. The number of nitrogens with one attached hydrogen (secondary N) is 1. The first kappa shape index (κ1) is 14.4. The number of amides is 1. The molecule has 118 valence electrons. The van der Waals surface area contributed by atoms with Crippen LogP contribution < -0.4 is 10.2 Å². The van der Waals surface area contributed by atoms with Gasteiger partial charge in [0, 0.05) is 19.6 Å². The normalized spacial score (nSPS) is 19.8. The Hall–Kier alpha value is -1.18. The molecule has 5 nitrogen and oxygen atoms in total. The summed E-state index contributed by atoms with van der Waals surface area (Å²) in [6.45, 7) is 2.53. The zero-order chi connectivity index (χ0) is 15.1. The van der Waals surface area contributed by atoms with Crippen LogP contribution >= 0.6 is 22.7 Å². The molecule has 0 radical (unpaired) electrons. The molecule has 1 saturated carbocycles. The molecule has 1 amide bonds. The lowest BCUT2D eigenvalue weighted by molar-refractivity contribution is 0.0905. The predicted octanol–water partition coefficient (Wildman–Crippen LogP) is 2.46. The number of hydrogen-bond donors (Lipinski definition) is 2. The molecule has 2 aromatic heterocycles. The maximum atomic E-state index is 12.2. The number of carbonyl (C=O) groups is 1. The third-order valence-electron chi connectivity index (χ3n) is 4.32. The lowest BCUT2D eigenvalue weighted by Crippen LogP contribution is -2.32. The van der Waals surface area contributed by atoms with Crippen molar-refractivity contribution in [2.75, 3.05) is 24.5 Å². The third kappa shape index (κ3) is 2.85. The minimum atomic E-state index is -0.398. The lowest BCUT2D eigenvalue weighted by Gasteiger charge is -2.12. The number of aliphatic hydroxyl groups excluding tert-OH is 1. The molecule has 1 aliphatic carbocycles. The Bertz CT molecular complexity index is 655. The van der Waals surface area contributed by atoms with Gasteiger partial charge in [-0.25, -0.2) is 4.98 Å². The summed E-state index contributed by atoms with van der Waals surface area (Å²) in [5.74, 6) is 0.287. The van der Waals surface area contributed by atoms with Gasteiger partial charge in [0.05, 0.1) is 15.7 Å². The molecule has 2 aromatic rings. The topological polar surface area (TPSA) is 65.5 Å². The van der Waals surface area contributed by atoms with E-state index >= 15 is 0 Å². The highest BCUT2D eigenvalue weighted by Gasteiger charge is 2.30. The molecule has 0 spiro atoms. The average Bonchev–Trinajstić information content (AvgIpc) is 2.92. The largest absolute Gasteiger partial charge is 0.391 e. The Labute approximate surface area is 137 Å².